The molecule has 0 atom stereocenters. The van der Waals surface area contributed by atoms with Gasteiger partial charge in [-0.05, 0) is 17.5 Å². The zero-order chi connectivity index (χ0) is 13.5. The number of nitrogens with zero attached hydrogens (tertiary/aromatic N) is 1. The van der Waals surface area contributed by atoms with Gasteiger partial charge in [-0.15, -0.1) is 0 Å². The minimum Gasteiger partial charge on any atom is -0.487 e. The number of rotatable bonds is 7. The number of nitro groups is 1. The number of hydrogen-bond acceptors (Lipinski definition) is 4. The molecule has 0 aliphatic carbocycles. The third kappa shape index (κ3) is 3.70. The smallest absolute Gasteiger partial charge is 0.311 e. The summed E-state index contributed by atoms with van der Waals surface area (Å²) >= 11 is 0. The highest BCUT2D eigenvalue weighted by Gasteiger charge is 2.16. The lowest BCUT2D eigenvalue weighted by atomic mass is 10.1. The minimum atomic E-state index is -0.429. The molecule has 1 aromatic carbocycles. The fourth-order valence-corrected chi connectivity index (χ4v) is 1.69. The van der Waals surface area contributed by atoms with Gasteiger partial charge in [0.1, 0.15) is 0 Å². The lowest BCUT2D eigenvalue weighted by molar-refractivity contribution is -0.386. The standard InChI is InChI=1S/C13H20N2O3/c1-3-10(4-2)9-18-13-6-5-11(8-14)7-12(13)15(16)17/h5-7,10H,3-4,8-9,14H2,1-2H3. The first-order valence-corrected chi connectivity index (χ1v) is 6.22. The first-order chi connectivity index (χ1) is 8.62. The maximum Gasteiger partial charge on any atom is 0.311 e. The molecule has 0 aliphatic rings. The van der Waals surface area contributed by atoms with Gasteiger partial charge >= 0.3 is 5.69 Å². The summed E-state index contributed by atoms with van der Waals surface area (Å²) in [5, 5.41) is 11.0. The van der Waals surface area contributed by atoms with E-state index in [2.05, 4.69) is 13.8 Å². The Hall–Kier alpha value is -1.62. The van der Waals surface area contributed by atoms with Crippen LogP contribution in [0.4, 0.5) is 5.69 Å². The van der Waals surface area contributed by atoms with E-state index in [1.165, 1.54) is 6.07 Å². The van der Waals surface area contributed by atoms with E-state index in [-0.39, 0.29) is 12.2 Å². The molecule has 18 heavy (non-hydrogen) atoms. The van der Waals surface area contributed by atoms with Gasteiger partial charge in [-0.2, -0.15) is 0 Å². The summed E-state index contributed by atoms with van der Waals surface area (Å²) in [5.41, 5.74) is 6.19. The van der Waals surface area contributed by atoms with E-state index < -0.39 is 4.92 Å². The fraction of sp³-hybridized carbons (Fsp3) is 0.538. The van der Waals surface area contributed by atoms with Gasteiger partial charge in [0, 0.05) is 12.6 Å². The molecule has 0 unspecified atom stereocenters. The predicted molar refractivity (Wildman–Crippen MR) is 70.6 cm³/mol. The van der Waals surface area contributed by atoms with E-state index in [0.717, 1.165) is 18.4 Å². The van der Waals surface area contributed by atoms with Crippen molar-refractivity contribution >= 4 is 5.69 Å². The highest BCUT2D eigenvalue weighted by Crippen LogP contribution is 2.28. The molecule has 0 fully saturated rings. The minimum absolute atomic E-state index is 0.0103. The quantitative estimate of drug-likeness (QED) is 0.597. The molecule has 0 saturated heterocycles. The highest BCUT2D eigenvalue weighted by molar-refractivity contribution is 5.48. The van der Waals surface area contributed by atoms with Crippen molar-refractivity contribution in [3.05, 3.63) is 33.9 Å². The molecule has 0 saturated carbocycles. The second-order valence-corrected chi connectivity index (χ2v) is 4.26. The van der Waals surface area contributed by atoms with E-state index in [1.807, 2.05) is 0 Å². The molecule has 0 aromatic heterocycles. The molecule has 0 heterocycles. The average Bonchev–Trinajstić information content (AvgIpc) is 2.39. The number of hydrogen-bond donors (Lipinski definition) is 1. The molecular weight excluding hydrogens is 232 g/mol. The topological polar surface area (TPSA) is 78.4 Å². The van der Waals surface area contributed by atoms with Gasteiger partial charge in [0.15, 0.2) is 5.75 Å². The van der Waals surface area contributed by atoms with E-state index in [9.17, 15) is 10.1 Å². The van der Waals surface area contributed by atoms with Crippen molar-refractivity contribution in [2.45, 2.75) is 33.2 Å². The highest BCUT2D eigenvalue weighted by atomic mass is 16.6. The van der Waals surface area contributed by atoms with Crippen molar-refractivity contribution in [3.63, 3.8) is 0 Å². The number of ether oxygens (including phenoxy) is 1. The van der Waals surface area contributed by atoms with Crippen molar-refractivity contribution < 1.29 is 9.66 Å². The Morgan fingerprint density at radius 3 is 2.56 bits per heavy atom. The zero-order valence-corrected chi connectivity index (χ0v) is 10.9. The molecule has 0 amide bonds. The molecular formula is C13H20N2O3. The molecule has 5 nitrogen and oxygen atoms in total. The van der Waals surface area contributed by atoms with E-state index in [4.69, 9.17) is 10.5 Å². The van der Waals surface area contributed by atoms with Gasteiger partial charge < -0.3 is 10.5 Å². The van der Waals surface area contributed by atoms with Crippen LogP contribution in [0.3, 0.4) is 0 Å². The van der Waals surface area contributed by atoms with Crippen LogP contribution in [-0.2, 0) is 6.54 Å². The number of nitrogens with two attached hydrogens (primary N) is 1. The van der Waals surface area contributed by atoms with Crippen LogP contribution in [0.25, 0.3) is 0 Å². The predicted octanol–water partition coefficient (Wildman–Crippen LogP) is 2.87. The van der Waals surface area contributed by atoms with Gasteiger partial charge in [0.05, 0.1) is 11.5 Å². The van der Waals surface area contributed by atoms with E-state index >= 15 is 0 Å². The largest absolute Gasteiger partial charge is 0.487 e. The Morgan fingerprint density at radius 2 is 2.06 bits per heavy atom. The van der Waals surface area contributed by atoms with Crippen molar-refractivity contribution in [1.82, 2.24) is 0 Å². The third-order valence-corrected chi connectivity index (χ3v) is 3.08. The molecule has 2 N–H and O–H groups in total. The van der Waals surface area contributed by atoms with Gasteiger partial charge in [0.25, 0.3) is 0 Å². The Bertz CT molecular complexity index is 403. The first kappa shape index (κ1) is 14.4. The van der Waals surface area contributed by atoms with Gasteiger partial charge in [-0.3, -0.25) is 10.1 Å². The second-order valence-electron chi connectivity index (χ2n) is 4.26. The maximum absolute atomic E-state index is 11.0. The van der Waals surface area contributed by atoms with Crippen molar-refractivity contribution in [2.75, 3.05) is 6.61 Å². The SMILES string of the molecule is CCC(CC)COc1ccc(CN)cc1[N+](=O)[O-]. The monoisotopic (exact) mass is 252 g/mol. The number of benzene rings is 1. The Balaban J connectivity index is 2.84. The summed E-state index contributed by atoms with van der Waals surface area (Å²) in [5.74, 6) is 0.753. The van der Waals surface area contributed by atoms with Crippen molar-refractivity contribution in [3.8, 4) is 5.75 Å². The summed E-state index contributed by atoms with van der Waals surface area (Å²) in [6.07, 6.45) is 2.01. The molecule has 100 valence electrons. The summed E-state index contributed by atoms with van der Waals surface area (Å²) < 4.78 is 5.56. The molecule has 0 spiro atoms. The number of nitro benzene ring substituents is 1. The lowest BCUT2D eigenvalue weighted by Gasteiger charge is -2.14. The molecule has 5 heteroatoms. The van der Waals surface area contributed by atoms with Crippen LogP contribution >= 0.6 is 0 Å². The van der Waals surface area contributed by atoms with Crippen LogP contribution in [-0.4, -0.2) is 11.5 Å². The third-order valence-electron chi connectivity index (χ3n) is 3.08. The maximum atomic E-state index is 11.0. The molecule has 1 rings (SSSR count). The molecule has 1 aromatic rings. The summed E-state index contributed by atoms with van der Waals surface area (Å²) in [6, 6.07) is 4.86. The summed E-state index contributed by atoms with van der Waals surface area (Å²) in [6.45, 7) is 4.97. The van der Waals surface area contributed by atoms with E-state index in [1.54, 1.807) is 12.1 Å². The second kappa shape index (κ2) is 6.96. The van der Waals surface area contributed by atoms with Gasteiger partial charge in [-0.25, -0.2) is 0 Å². The van der Waals surface area contributed by atoms with Crippen molar-refractivity contribution in [2.24, 2.45) is 11.7 Å². The normalized spacial score (nSPS) is 10.7. The Kier molecular flexibility index (Phi) is 5.58. The van der Waals surface area contributed by atoms with Gasteiger partial charge in [-0.1, -0.05) is 32.8 Å². The van der Waals surface area contributed by atoms with Crippen LogP contribution in [0.2, 0.25) is 0 Å². The summed E-state index contributed by atoms with van der Waals surface area (Å²) in [4.78, 5) is 10.5. The molecule has 0 radical (unpaired) electrons. The van der Waals surface area contributed by atoms with Crippen LogP contribution in [0.15, 0.2) is 18.2 Å². The van der Waals surface area contributed by atoms with Crippen LogP contribution in [0.1, 0.15) is 32.3 Å². The van der Waals surface area contributed by atoms with Gasteiger partial charge in [0.2, 0.25) is 0 Å². The van der Waals surface area contributed by atoms with E-state index in [0.29, 0.717) is 18.3 Å². The Morgan fingerprint density at radius 1 is 1.39 bits per heavy atom. The lowest BCUT2D eigenvalue weighted by Crippen LogP contribution is -2.11. The Labute approximate surface area is 107 Å². The first-order valence-electron chi connectivity index (χ1n) is 6.22. The zero-order valence-electron chi connectivity index (χ0n) is 10.9. The van der Waals surface area contributed by atoms with Crippen molar-refractivity contribution in [1.29, 1.82) is 0 Å². The van der Waals surface area contributed by atoms with Crippen LogP contribution in [0, 0.1) is 16.0 Å². The molecule has 0 bridgehead atoms. The van der Waals surface area contributed by atoms with Crippen LogP contribution < -0.4 is 10.5 Å². The average molecular weight is 252 g/mol. The summed E-state index contributed by atoms with van der Waals surface area (Å²) in [7, 11) is 0. The fourth-order valence-electron chi connectivity index (χ4n) is 1.69. The molecule has 0 aliphatic heterocycles. The van der Waals surface area contributed by atoms with Crippen LogP contribution in [0.5, 0.6) is 5.75 Å².